The molecule has 0 aromatic heterocycles. The number of nitro groups is 1. The van der Waals surface area contributed by atoms with Crippen LogP contribution in [0.25, 0.3) is 0 Å². The summed E-state index contributed by atoms with van der Waals surface area (Å²) in [5.41, 5.74) is 2.21. The van der Waals surface area contributed by atoms with E-state index in [9.17, 15) is 18.5 Å². The number of hydrogen-bond donors (Lipinski definition) is 1. The van der Waals surface area contributed by atoms with Crippen LogP contribution in [0.2, 0.25) is 0 Å². The van der Waals surface area contributed by atoms with Crippen LogP contribution < -0.4 is 4.72 Å². The van der Waals surface area contributed by atoms with Gasteiger partial charge in [-0.25, -0.2) is 13.1 Å². The lowest BCUT2D eigenvalue weighted by atomic mass is 9.87. The number of sulfonamides is 1. The first-order valence-electron chi connectivity index (χ1n) is 7.85. The summed E-state index contributed by atoms with van der Waals surface area (Å²) < 4.78 is 27.3. The molecule has 7 heteroatoms. The second-order valence-electron chi connectivity index (χ2n) is 6.98. The van der Waals surface area contributed by atoms with Crippen molar-refractivity contribution >= 4 is 15.7 Å². The zero-order chi connectivity index (χ0) is 18.8. The van der Waals surface area contributed by atoms with Crippen LogP contribution in [0, 0.1) is 17.0 Å². The van der Waals surface area contributed by atoms with E-state index in [4.69, 9.17) is 0 Å². The molecule has 0 aliphatic heterocycles. The standard InChI is InChI=1S/C18H22N2O4S/c1-13-5-10-16(11-17(13)20(21)22)25(23,24)19-12-14-6-8-15(9-7-14)18(2,3)4/h5-11,19H,12H2,1-4H3. The van der Waals surface area contributed by atoms with Gasteiger partial charge in [-0.2, -0.15) is 0 Å². The zero-order valence-electron chi connectivity index (χ0n) is 14.7. The first kappa shape index (κ1) is 19.1. The Morgan fingerprint density at radius 2 is 1.68 bits per heavy atom. The molecule has 0 aliphatic carbocycles. The number of nitro benzene ring substituents is 1. The molecule has 0 unspecified atom stereocenters. The molecule has 25 heavy (non-hydrogen) atoms. The minimum absolute atomic E-state index is 0.0267. The number of nitrogens with zero attached hydrogens (tertiary/aromatic N) is 1. The Balaban J connectivity index is 2.17. The first-order chi connectivity index (χ1) is 11.5. The zero-order valence-corrected chi connectivity index (χ0v) is 15.6. The smallest absolute Gasteiger partial charge is 0.258 e. The number of aryl methyl sites for hydroxylation is 1. The Morgan fingerprint density at radius 3 is 2.20 bits per heavy atom. The average molecular weight is 362 g/mol. The second-order valence-corrected chi connectivity index (χ2v) is 8.74. The Morgan fingerprint density at radius 1 is 1.08 bits per heavy atom. The monoisotopic (exact) mass is 362 g/mol. The van der Waals surface area contributed by atoms with E-state index in [2.05, 4.69) is 25.5 Å². The summed E-state index contributed by atoms with van der Waals surface area (Å²) in [6, 6.07) is 11.6. The molecule has 2 aromatic rings. The average Bonchev–Trinajstić information content (AvgIpc) is 2.52. The normalized spacial score (nSPS) is 12.2. The number of nitrogens with one attached hydrogen (secondary N) is 1. The highest BCUT2D eigenvalue weighted by Crippen LogP contribution is 2.23. The number of benzene rings is 2. The summed E-state index contributed by atoms with van der Waals surface area (Å²) in [6.07, 6.45) is 0. The number of rotatable bonds is 5. The fraction of sp³-hybridized carbons (Fsp3) is 0.333. The summed E-state index contributed by atoms with van der Waals surface area (Å²) in [5, 5.41) is 11.0. The van der Waals surface area contributed by atoms with Gasteiger partial charge >= 0.3 is 0 Å². The van der Waals surface area contributed by atoms with Crippen molar-refractivity contribution in [3.63, 3.8) is 0 Å². The molecule has 0 amide bonds. The molecule has 0 saturated carbocycles. The molecular formula is C18H22N2O4S. The maximum Gasteiger partial charge on any atom is 0.273 e. The van der Waals surface area contributed by atoms with Crippen LogP contribution in [-0.4, -0.2) is 13.3 Å². The minimum Gasteiger partial charge on any atom is -0.258 e. The molecule has 134 valence electrons. The topological polar surface area (TPSA) is 89.3 Å². The van der Waals surface area contributed by atoms with E-state index in [0.717, 1.165) is 17.2 Å². The van der Waals surface area contributed by atoms with Crippen molar-refractivity contribution in [3.8, 4) is 0 Å². The third-order valence-corrected chi connectivity index (χ3v) is 5.37. The second kappa shape index (κ2) is 6.93. The van der Waals surface area contributed by atoms with Gasteiger partial charge in [0.25, 0.3) is 5.69 Å². The minimum atomic E-state index is -3.82. The molecule has 0 spiro atoms. The van der Waals surface area contributed by atoms with E-state index < -0.39 is 14.9 Å². The molecule has 1 N–H and O–H groups in total. The summed E-state index contributed by atoms with van der Waals surface area (Å²) in [5.74, 6) is 0. The molecule has 0 atom stereocenters. The van der Waals surface area contributed by atoms with E-state index >= 15 is 0 Å². The highest BCUT2D eigenvalue weighted by Gasteiger charge is 2.20. The Kier molecular flexibility index (Phi) is 5.29. The summed E-state index contributed by atoms with van der Waals surface area (Å²) >= 11 is 0. The fourth-order valence-corrected chi connectivity index (χ4v) is 3.37. The van der Waals surface area contributed by atoms with Gasteiger partial charge in [0.1, 0.15) is 0 Å². The maximum absolute atomic E-state index is 12.4. The van der Waals surface area contributed by atoms with Gasteiger partial charge in [0.05, 0.1) is 9.82 Å². The van der Waals surface area contributed by atoms with Gasteiger partial charge in [-0.15, -0.1) is 0 Å². The SMILES string of the molecule is Cc1ccc(S(=O)(=O)NCc2ccc(C(C)(C)C)cc2)cc1[N+](=O)[O-]. The van der Waals surface area contributed by atoms with Crippen molar-refractivity contribution in [2.75, 3.05) is 0 Å². The molecule has 0 bridgehead atoms. The summed E-state index contributed by atoms with van der Waals surface area (Å²) in [4.78, 5) is 10.3. The van der Waals surface area contributed by atoms with Crippen LogP contribution >= 0.6 is 0 Å². The lowest BCUT2D eigenvalue weighted by Gasteiger charge is -2.19. The van der Waals surface area contributed by atoms with E-state index in [0.29, 0.717) is 5.56 Å². The van der Waals surface area contributed by atoms with Crippen molar-refractivity contribution in [1.82, 2.24) is 4.72 Å². The van der Waals surface area contributed by atoms with E-state index in [1.807, 2.05) is 24.3 Å². The van der Waals surface area contributed by atoms with Crippen molar-refractivity contribution in [1.29, 1.82) is 0 Å². The van der Waals surface area contributed by atoms with E-state index in [-0.39, 0.29) is 22.5 Å². The molecule has 0 aliphatic rings. The van der Waals surface area contributed by atoms with Crippen molar-refractivity contribution < 1.29 is 13.3 Å². The lowest BCUT2D eigenvalue weighted by molar-refractivity contribution is -0.385. The Bertz CT molecular complexity index is 882. The predicted molar refractivity (Wildman–Crippen MR) is 97.0 cm³/mol. The first-order valence-corrected chi connectivity index (χ1v) is 9.33. The summed E-state index contributed by atoms with van der Waals surface area (Å²) in [7, 11) is -3.82. The highest BCUT2D eigenvalue weighted by molar-refractivity contribution is 7.89. The van der Waals surface area contributed by atoms with Crippen LogP contribution in [0.4, 0.5) is 5.69 Å². The van der Waals surface area contributed by atoms with Crippen LogP contribution in [0.15, 0.2) is 47.4 Å². The van der Waals surface area contributed by atoms with Crippen LogP contribution in [-0.2, 0) is 22.0 Å². The molecule has 0 radical (unpaired) electrons. The summed E-state index contributed by atoms with van der Waals surface area (Å²) in [6.45, 7) is 8.01. The van der Waals surface area contributed by atoms with Gasteiger partial charge in [0, 0.05) is 18.2 Å². The Hall–Kier alpha value is -2.25. The fourth-order valence-electron chi connectivity index (χ4n) is 2.34. The van der Waals surface area contributed by atoms with Gasteiger partial charge < -0.3 is 0 Å². The largest absolute Gasteiger partial charge is 0.273 e. The molecule has 0 fully saturated rings. The Labute approximate surface area is 148 Å². The van der Waals surface area contributed by atoms with E-state index in [1.54, 1.807) is 6.92 Å². The maximum atomic E-state index is 12.4. The van der Waals surface area contributed by atoms with Gasteiger partial charge in [-0.3, -0.25) is 10.1 Å². The van der Waals surface area contributed by atoms with Gasteiger partial charge in [-0.1, -0.05) is 51.1 Å². The van der Waals surface area contributed by atoms with Gasteiger partial charge in [0.15, 0.2) is 0 Å². The predicted octanol–water partition coefficient (Wildman–Crippen LogP) is 3.68. The van der Waals surface area contributed by atoms with Crippen LogP contribution in [0.5, 0.6) is 0 Å². The van der Waals surface area contributed by atoms with Crippen molar-refractivity contribution in [2.45, 2.75) is 44.6 Å². The molecule has 0 heterocycles. The van der Waals surface area contributed by atoms with Gasteiger partial charge in [0.2, 0.25) is 10.0 Å². The van der Waals surface area contributed by atoms with Crippen molar-refractivity contribution in [3.05, 3.63) is 69.3 Å². The van der Waals surface area contributed by atoms with Gasteiger partial charge in [-0.05, 0) is 29.5 Å². The van der Waals surface area contributed by atoms with Crippen LogP contribution in [0.3, 0.4) is 0 Å². The molecular weight excluding hydrogens is 340 g/mol. The highest BCUT2D eigenvalue weighted by atomic mass is 32.2. The third kappa shape index (κ3) is 4.64. The molecule has 2 rings (SSSR count). The third-order valence-electron chi connectivity index (χ3n) is 3.97. The molecule has 0 saturated heterocycles. The number of hydrogen-bond acceptors (Lipinski definition) is 4. The van der Waals surface area contributed by atoms with Crippen LogP contribution in [0.1, 0.15) is 37.5 Å². The lowest BCUT2D eigenvalue weighted by Crippen LogP contribution is -2.23. The quantitative estimate of drug-likeness (QED) is 0.649. The molecule has 2 aromatic carbocycles. The van der Waals surface area contributed by atoms with Crippen molar-refractivity contribution in [2.24, 2.45) is 0 Å². The van der Waals surface area contributed by atoms with E-state index in [1.165, 1.54) is 12.1 Å². The molecule has 6 nitrogen and oxygen atoms in total.